The highest BCUT2D eigenvalue weighted by Crippen LogP contribution is 2.44. The Morgan fingerprint density at radius 1 is 0.619 bits per heavy atom. The molecule has 3 aromatic rings. The summed E-state index contributed by atoms with van der Waals surface area (Å²) in [5, 5.41) is 0. The molecule has 0 aromatic heterocycles. The van der Waals surface area contributed by atoms with Gasteiger partial charge < -0.3 is 9.53 Å². The smallest absolute Gasteiger partial charge is 0.129 e. The largest absolute Gasteiger partial charge is 0.380 e. The Balaban J connectivity index is 1.12. The van der Waals surface area contributed by atoms with E-state index in [4.69, 9.17) is 4.74 Å². The predicted octanol–water partition coefficient (Wildman–Crippen LogP) is 11.1. The number of aryl methyl sites for hydroxylation is 1. The molecule has 1 atom stereocenters. The molecule has 1 unspecified atom stereocenters. The van der Waals surface area contributed by atoms with Crippen LogP contribution in [0.5, 0.6) is 0 Å². The minimum atomic E-state index is 0.334. The van der Waals surface area contributed by atoms with Crippen molar-refractivity contribution in [3.8, 4) is 11.1 Å². The minimum absolute atomic E-state index is 0.334. The molecule has 0 amide bonds. The maximum atomic E-state index is 11.2. The van der Waals surface area contributed by atoms with Crippen molar-refractivity contribution in [1.29, 1.82) is 0 Å². The van der Waals surface area contributed by atoms with Crippen LogP contribution in [0, 0.1) is 5.92 Å². The third kappa shape index (κ3) is 10.8. The fourth-order valence-electron chi connectivity index (χ4n) is 6.81. The molecule has 2 nitrogen and oxygen atoms in total. The fraction of sp³-hybridized carbons (Fsp3) is 0.525. The number of ketones is 1. The van der Waals surface area contributed by atoms with E-state index in [1.807, 2.05) is 0 Å². The lowest BCUT2D eigenvalue weighted by Crippen LogP contribution is -2.08. The summed E-state index contributed by atoms with van der Waals surface area (Å²) in [5.74, 6) is 1.54. The van der Waals surface area contributed by atoms with Crippen molar-refractivity contribution < 1.29 is 9.53 Å². The highest BCUT2D eigenvalue weighted by molar-refractivity contribution is 5.78. The molecular formula is C40H54O2. The number of carbonyl (C=O) groups is 1. The number of hydrogen-bond acceptors (Lipinski definition) is 2. The van der Waals surface area contributed by atoms with E-state index in [9.17, 15) is 4.79 Å². The highest BCUT2D eigenvalue weighted by atomic mass is 16.5. The normalized spacial score (nSPS) is 13.2. The first kappa shape index (κ1) is 32.2. The molecule has 0 spiro atoms. The number of unbranched alkanes of at least 4 members (excludes halogenated alkanes) is 8. The summed E-state index contributed by atoms with van der Waals surface area (Å²) in [5.41, 5.74) is 7.07. The third-order valence-electron chi connectivity index (χ3n) is 9.21. The van der Waals surface area contributed by atoms with Crippen molar-refractivity contribution in [3.05, 3.63) is 95.6 Å². The van der Waals surface area contributed by atoms with Crippen molar-refractivity contribution in [1.82, 2.24) is 0 Å². The number of rotatable bonds is 22. The summed E-state index contributed by atoms with van der Waals surface area (Å²) in [6.45, 7) is 3.36. The van der Waals surface area contributed by atoms with Crippen molar-refractivity contribution >= 4 is 5.78 Å². The molecule has 226 valence electrons. The van der Waals surface area contributed by atoms with Gasteiger partial charge in [0.05, 0.1) is 6.61 Å². The number of benzene rings is 3. The lowest BCUT2D eigenvalue weighted by Gasteiger charge is -2.18. The second-order valence-corrected chi connectivity index (χ2v) is 12.6. The summed E-state index contributed by atoms with van der Waals surface area (Å²) in [6.07, 6.45) is 20.1. The van der Waals surface area contributed by atoms with Crippen molar-refractivity contribution in [2.45, 2.75) is 116 Å². The van der Waals surface area contributed by atoms with E-state index in [0.29, 0.717) is 11.7 Å². The number of carbonyl (C=O) groups excluding carboxylic acids is 1. The first-order valence-electron chi connectivity index (χ1n) is 17.0. The molecule has 0 aliphatic heterocycles. The number of fused-ring (bicyclic) bond motifs is 3. The number of ether oxygens (including phenoxy) is 1. The molecule has 4 rings (SSSR count). The van der Waals surface area contributed by atoms with Gasteiger partial charge in [-0.25, -0.2) is 0 Å². The van der Waals surface area contributed by atoms with E-state index in [0.717, 1.165) is 38.4 Å². The lowest BCUT2D eigenvalue weighted by atomic mass is 9.90. The molecule has 2 heteroatoms. The highest BCUT2D eigenvalue weighted by Gasteiger charge is 2.27. The van der Waals surface area contributed by atoms with Crippen LogP contribution in [0.3, 0.4) is 0 Å². The molecule has 0 radical (unpaired) electrons. The first-order valence-corrected chi connectivity index (χ1v) is 17.0. The van der Waals surface area contributed by atoms with Crippen LogP contribution in [0.25, 0.3) is 11.1 Å². The summed E-state index contributed by atoms with van der Waals surface area (Å²) < 4.78 is 6.30. The molecular weight excluding hydrogens is 512 g/mol. The van der Waals surface area contributed by atoms with E-state index >= 15 is 0 Å². The summed E-state index contributed by atoms with van der Waals surface area (Å²) in [6, 6.07) is 28.6. The van der Waals surface area contributed by atoms with Gasteiger partial charge in [-0.3, -0.25) is 0 Å². The molecule has 0 fully saturated rings. The Morgan fingerprint density at radius 3 is 1.79 bits per heavy atom. The Labute approximate surface area is 256 Å². The van der Waals surface area contributed by atoms with E-state index in [-0.39, 0.29) is 0 Å². The SMILES string of the molecule is CC(=O)CCCCCCC(CCCCCCCc1ccccc1)CCCCOCC1c2ccccc2-c2ccccc21. The van der Waals surface area contributed by atoms with Gasteiger partial charge in [0, 0.05) is 18.9 Å². The average molecular weight is 567 g/mol. The Hall–Kier alpha value is -2.71. The zero-order chi connectivity index (χ0) is 29.2. The van der Waals surface area contributed by atoms with Gasteiger partial charge in [0.25, 0.3) is 0 Å². The molecule has 1 aliphatic carbocycles. The van der Waals surface area contributed by atoms with Gasteiger partial charge in [0.2, 0.25) is 0 Å². The lowest BCUT2D eigenvalue weighted by molar-refractivity contribution is -0.117. The van der Waals surface area contributed by atoms with Crippen LogP contribution in [-0.4, -0.2) is 19.0 Å². The zero-order valence-corrected chi connectivity index (χ0v) is 26.2. The number of hydrogen-bond donors (Lipinski definition) is 0. The first-order chi connectivity index (χ1) is 20.7. The molecule has 0 saturated carbocycles. The summed E-state index contributed by atoms with van der Waals surface area (Å²) in [7, 11) is 0. The van der Waals surface area contributed by atoms with Crippen molar-refractivity contribution in [2.24, 2.45) is 5.92 Å². The molecule has 1 aliphatic rings. The second kappa shape index (κ2) is 18.7. The van der Waals surface area contributed by atoms with Gasteiger partial charge in [-0.2, -0.15) is 0 Å². The van der Waals surface area contributed by atoms with E-state index in [1.165, 1.54) is 111 Å². The Bertz CT molecular complexity index is 1120. The molecule has 0 N–H and O–H groups in total. The van der Waals surface area contributed by atoms with Crippen molar-refractivity contribution in [2.75, 3.05) is 13.2 Å². The van der Waals surface area contributed by atoms with Gasteiger partial charge in [-0.15, -0.1) is 0 Å². The van der Waals surface area contributed by atoms with Gasteiger partial charge >= 0.3 is 0 Å². The van der Waals surface area contributed by atoms with Crippen LogP contribution in [0.1, 0.15) is 126 Å². The minimum Gasteiger partial charge on any atom is -0.380 e. The maximum absolute atomic E-state index is 11.2. The topological polar surface area (TPSA) is 26.3 Å². The summed E-state index contributed by atoms with van der Waals surface area (Å²) in [4.78, 5) is 11.2. The monoisotopic (exact) mass is 566 g/mol. The maximum Gasteiger partial charge on any atom is 0.129 e. The molecule has 0 saturated heterocycles. The van der Waals surface area contributed by atoms with Gasteiger partial charge in [-0.05, 0) is 66.3 Å². The molecule has 42 heavy (non-hydrogen) atoms. The zero-order valence-electron chi connectivity index (χ0n) is 26.2. The van der Waals surface area contributed by atoms with E-state index < -0.39 is 0 Å². The Kier molecular flexibility index (Phi) is 14.4. The van der Waals surface area contributed by atoms with Crippen LogP contribution in [0.2, 0.25) is 0 Å². The molecule has 0 heterocycles. The quantitative estimate of drug-likeness (QED) is 0.113. The van der Waals surface area contributed by atoms with E-state index in [2.05, 4.69) is 78.9 Å². The second-order valence-electron chi connectivity index (χ2n) is 12.6. The number of Topliss-reactive ketones (excluding diaryl/α,β-unsaturated/α-hetero) is 1. The van der Waals surface area contributed by atoms with Crippen molar-refractivity contribution in [3.63, 3.8) is 0 Å². The standard InChI is InChI=1S/C40H54O2/c1-33(41)20-8-5-6-11-23-35(22-10-4-2-3-9-21-34-24-12-7-13-25-34)26-18-19-31-42-32-40-38-29-16-14-27-36(38)37-28-15-17-30-39(37)40/h7,12-17,24-25,27-30,35,40H,2-6,8-11,18-23,26,31-32H2,1H3. The average Bonchev–Trinajstić information content (AvgIpc) is 3.33. The van der Waals surface area contributed by atoms with Crippen LogP contribution in [0.15, 0.2) is 78.9 Å². The van der Waals surface area contributed by atoms with Gasteiger partial charge in [-0.1, -0.05) is 149 Å². The van der Waals surface area contributed by atoms with Crippen LogP contribution in [-0.2, 0) is 16.0 Å². The molecule has 3 aromatic carbocycles. The van der Waals surface area contributed by atoms with Crippen LogP contribution >= 0.6 is 0 Å². The van der Waals surface area contributed by atoms with Crippen LogP contribution < -0.4 is 0 Å². The predicted molar refractivity (Wildman–Crippen MR) is 178 cm³/mol. The van der Waals surface area contributed by atoms with Gasteiger partial charge in [0.1, 0.15) is 5.78 Å². The van der Waals surface area contributed by atoms with E-state index in [1.54, 1.807) is 6.92 Å². The summed E-state index contributed by atoms with van der Waals surface area (Å²) >= 11 is 0. The Morgan fingerprint density at radius 2 is 1.14 bits per heavy atom. The fourth-order valence-corrected chi connectivity index (χ4v) is 6.81. The van der Waals surface area contributed by atoms with Gasteiger partial charge in [0.15, 0.2) is 0 Å². The molecule has 0 bridgehead atoms. The van der Waals surface area contributed by atoms with Crippen LogP contribution in [0.4, 0.5) is 0 Å². The third-order valence-corrected chi connectivity index (χ3v) is 9.21.